The molecule has 1 aromatic carbocycles. The van der Waals surface area contributed by atoms with Crippen molar-refractivity contribution in [3.05, 3.63) is 24.3 Å². The molecule has 0 aliphatic carbocycles. The molecule has 0 radical (unpaired) electrons. The van der Waals surface area contributed by atoms with Crippen molar-refractivity contribution in [3.63, 3.8) is 0 Å². The maximum Gasteiger partial charge on any atom is 0.256 e. The highest BCUT2D eigenvalue weighted by atomic mass is 32.2. The molecule has 5 nitrogen and oxygen atoms in total. The number of carbonyl (C=O) groups excluding carboxylic acids is 2. The minimum Gasteiger partial charge on any atom is -0.326 e. The van der Waals surface area contributed by atoms with Gasteiger partial charge in [-0.05, 0) is 36.5 Å². The van der Waals surface area contributed by atoms with E-state index in [1.165, 1.54) is 6.92 Å². The van der Waals surface area contributed by atoms with Crippen molar-refractivity contribution >= 4 is 52.3 Å². The summed E-state index contributed by atoms with van der Waals surface area (Å²) in [6.07, 6.45) is 0. The summed E-state index contributed by atoms with van der Waals surface area (Å²) in [7, 11) is 0. The van der Waals surface area contributed by atoms with Gasteiger partial charge in [0, 0.05) is 18.4 Å². The van der Waals surface area contributed by atoms with Crippen LogP contribution in [0.15, 0.2) is 24.3 Å². The number of hydrogen-bond acceptors (Lipinski definition) is 4. The summed E-state index contributed by atoms with van der Waals surface area (Å²) in [5.41, 5.74) is 1.45. The summed E-state index contributed by atoms with van der Waals surface area (Å²) < 4.78 is 0. The van der Waals surface area contributed by atoms with E-state index in [4.69, 9.17) is 12.2 Å². The number of thioether (sulfide) groups is 1. The smallest absolute Gasteiger partial charge is 0.256 e. The maximum absolute atomic E-state index is 12.4. The predicted octanol–water partition coefficient (Wildman–Crippen LogP) is 1.65. The van der Waals surface area contributed by atoms with Crippen LogP contribution < -0.4 is 10.2 Å². The molecule has 104 valence electrons. The highest BCUT2D eigenvalue weighted by Crippen LogP contribution is 2.33. The number of hydrogen-bond donors (Lipinski definition) is 1. The Bertz CT molecular complexity index is 566. The first-order valence-corrected chi connectivity index (χ1v) is 7.74. The first kappa shape index (κ1) is 13.4. The molecule has 0 aromatic heterocycles. The fraction of sp³-hybridized carbons (Fsp3) is 0.308. The van der Waals surface area contributed by atoms with Crippen molar-refractivity contribution in [2.75, 3.05) is 21.8 Å². The first-order valence-electron chi connectivity index (χ1n) is 6.18. The fourth-order valence-electron chi connectivity index (χ4n) is 2.34. The standard InChI is InChI=1S/C13H13N3O2S2/c1-8(17)14-9-2-4-10(5-3-9)16-12(18)11-6-20-7-15(11)13(16)19/h2-5,11H,6-7H2,1H3,(H,14,17). The van der Waals surface area contributed by atoms with Crippen LogP contribution in [0.4, 0.5) is 11.4 Å². The van der Waals surface area contributed by atoms with Gasteiger partial charge in [0.05, 0.1) is 11.6 Å². The minimum absolute atomic E-state index is 0.0345. The van der Waals surface area contributed by atoms with Gasteiger partial charge in [0.25, 0.3) is 5.91 Å². The second-order valence-corrected chi connectivity index (χ2v) is 6.03. The Kier molecular flexibility index (Phi) is 3.39. The molecule has 2 heterocycles. The van der Waals surface area contributed by atoms with E-state index >= 15 is 0 Å². The van der Waals surface area contributed by atoms with Gasteiger partial charge >= 0.3 is 0 Å². The molecule has 2 aliphatic rings. The Morgan fingerprint density at radius 2 is 2.10 bits per heavy atom. The van der Waals surface area contributed by atoms with E-state index < -0.39 is 0 Å². The maximum atomic E-state index is 12.4. The molecule has 0 spiro atoms. The lowest BCUT2D eigenvalue weighted by Gasteiger charge is -2.18. The monoisotopic (exact) mass is 307 g/mol. The summed E-state index contributed by atoms with van der Waals surface area (Å²) >= 11 is 7.11. The van der Waals surface area contributed by atoms with Gasteiger partial charge in [0.2, 0.25) is 5.91 Å². The van der Waals surface area contributed by atoms with Gasteiger partial charge in [0.1, 0.15) is 6.04 Å². The number of carbonyl (C=O) groups is 2. The number of rotatable bonds is 2. The molecular weight excluding hydrogens is 294 g/mol. The van der Waals surface area contributed by atoms with Crippen LogP contribution in [-0.4, -0.2) is 39.5 Å². The lowest BCUT2D eigenvalue weighted by atomic mass is 10.2. The van der Waals surface area contributed by atoms with E-state index in [1.54, 1.807) is 40.9 Å². The number of thiocarbonyl (C=S) groups is 1. The molecule has 1 unspecified atom stereocenters. The zero-order valence-corrected chi connectivity index (χ0v) is 12.5. The third-order valence-corrected chi connectivity index (χ3v) is 4.70. The number of anilines is 2. The molecule has 0 saturated carbocycles. The van der Waals surface area contributed by atoms with Crippen molar-refractivity contribution in [2.45, 2.75) is 13.0 Å². The summed E-state index contributed by atoms with van der Waals surface area (Å²) in [5.74, 6) is 1.48. The van der Waals surface area contributed by atoms with Crippen LogP contribution in [0.3, 0.4) is 0 Å². The van der Waals surface area contributed by atoms with Gasteiger partial charge < -0.3 is 10.2 Å². The van der Waals surface area contributed by atoms with Gasteiger partial charge in [-0.25, -0.2) is 0 Å². The average Bonchev–Trinajstić information content (AvgIpc) is 2.96. The molecule has 2 fully saturated rings. The molecule has 1 aromatic rings. The van der Waals surface area contributed by atoms with E-state index in [0.717, 1.165) is 17.3 Å². The second-order valence-electron chi connectivity index (χ2n) is 4.67. The van der Waals surface area contributed by atoms with E-state index in [2.05, 4.69) is 5.32 Å². The molecule has 2 aliphatic heterocycles. The average molecular weight is 307 g/mol. The van der Waals surface area contributed by atoms with Crippen LogP contribution in [-0.2, 0) is 9.59 Å². The second kappa shape index (κ2) is 5.06. The van der Waals surface area contributed by atoms with Gasteiger partial charge in [-0.3, -0.25) is 14.5 Å². The normalized spacial score (nSPS) is 21.4. The van der Waals surface area contributed by atoms with Crippen LogP contribution in [0, 0.1) is 0 Å². The van der Waals surface area contributed by atoms with E-state index in [1.807, 2.05) is 4.90 Å². The van der Waals surface area contributed by atoms with Crippen LogP contribution in [0.1, 0.15) is 6.92 Å². The van der Waals surface area contributed by atoms with Crippen LogP contribution in [0.25, 0.3) is 0 Å². The Balaban J connectivity index is 1.84. The lowest BCUT2D eigenvalue weighted by molar-refractivity contribution is -0.119. The van der Waals surface area contributed by atoms with Crippen molar-refractivity contribution in [2.24, 2.45) is 0 Å². The topological polar surface area (TPSA) is 52.7 Å². The first-order chi connectivity index (χ1) is 9.58. The van der Waals surface area contributed by atoms with E-state index in [9.17, 15) is 9.59 Å². The molecule has 2 saturated heterocycles. The summed E-state index contributed by atoms with van der Waals surface area (Å²) in [5, 5.41) is 3.26. The Morgan fingerprint density at radius 3 is 2.70 bits per heavy atom. The molecular formula is C13H13N3O2S2. The van der Waals surface area contributed by atoms with Crippen molar-refractivity contribution in [1.29, 1.82) is 0 Å². The molecule has 0 bridgehead atoms. The van der Waals surface area contributed by atoms with Gasteiger partial charge in [-0.1, -0.05) is 0 Å². The number of fused-ring (bicyclic) bond motifs is 1. The predicted molar refractivity (Wildman–Crippen MR) is 83.8 cm³/mol. The summed E-state index contributed by atoms with van der Waals surface area (Å²) in [4.78, 5) is 26.9. The van der Waals surface area contributed by atoms with Crippen molar-refractivity contribution in [1.82, 2.24) is 4.90 Å². The Labute approximate surface area is 126 Å². The highest BCUT2D eigenvalue weighted by Gasteiger charge is 2.45. The molecule has 7 heteroatoms. The van der Waals surface area contributed by atoms with Crippen LogP contribution in [0.5, 0.6) is 0 Å². The molecule has 2 amide bonds. The molecule has 3 rings (SSSR count). The fourth-order valence-corrected chi connectivity index (χ4v) is 3.96. The molecule has 20 heavy (non-hydrogen) atoms. The van der Waals surface area contributed by atoms with Crippen LogP contribution in [0.2, 0.25) is 0 Å². The largest absolute Gasteiger partial charge is 0.326 e. The highest BCUT2D eigenvalue weighted by molar-refractivity contribution is 7.99. The molecule has 1 atom stereocenters. The zero-order chi connectivity index (χ0) is 14.3. The molecule has 1 N–H and O–H groups in total. The van der Waals surface area contributed by atoms with Gasteiger partial charge in [0.15, 0.2) is 5.11 Å². The van der Waals surface area contributed by atoms with Crippen molar-refractivity contribution < 1.29 is 9.59 Å². The van der Waals surface area contributed by atoms with Gasteiger partial charge in [-0.15, -0.1) is 11.8 Å². The van der Waals surface area contributed by atoms with Crippen LogP contribution >= 0.6 is 24.0 Å². The van der Waals surface area contributed by atoms with Gasteiger partial charge in [-0.2, -0.15) is 0 Å². The SMILES string of the molecule is CC(=O)Nc1ccc(N2C(=O)C3CSCN3C2=S)cc1. The minimum atomic E-state index is -0.123. The summed E-state index contributed by atoms with van der Waals surface area (Å²) in [6, 6.07) is 7.01. The van der Waals surface area contributed by atoms with E-state index in [0.29, 0.717) is 10.8 Å². The number of nitrogens with zero attached hydrogens (tertiary/aromatic N) is 2. The third-order valence-electron chi connectivity index (χ3n) is 3.27. The Morgan fingerprint density at radius 1 is 1.40 bits per heavy atom. The quantitative estimate of drug-likeness (QED) is 0.842. The van der Waals surface area contributed by atoms with Crippen molar-refractivity contribution in [3.8, 4) is 0 Å². The zero-order valence-electron chi connectivity index (χ0n) is 10.8. The summed E-state index contributed by atoms with van der Waals surface area (Å²) in [6.45, 7) is 1.46. The third kappa shape index (κ3) is 2.16. The lowest BCUT2D eigenvalue weighted by Crippen LogP contribution is -2.32. The number of amides is 2. The van der Waals surface area contributed by atoms with E-state index in [-0.39, 0.29) is 17.9 Å². The number of benzene rings is 1. The number of nitrogens with one attached hydrogen (secondary N) is 1. The Hall–Kier alpha value is -1.60.